The summed E-state index contributed by atoms with van der Waals surface area (Å²) in [4.78, 5) is 17.0. The van der Waals surface area contributed by atoms with Gasteiger partial charge in [-0.3, -0.25) is 9.69 Å². The van der Waals surface area contributed by atoms with Gasteiger partial charge in [0.15, 0.2) is 5.69 Å². The summed E-state index contributed by atoms with van der Waals surface area (Å²) in [7, 11) is 0. The first kappa shape index (κ1) is 16.8. The lowest BCUT2D eigenvalue weighted by atomic mass is 9.49. The first-order valence-electron chi connectivity index (χ1n) is 9.59. The number of rotatable bonds is 3. The average Bonchev–Trinajstić information content (AvgIpc) is 2.89. The minimum atomic E-state index is -0.00134. The number of nitrogens with zero attached hydrogens (tertiary/aromatic N) is 3. The lowest BCUT2D eigenvalue weighted by molar-refractivity contribution is -0.0105. The van der Waals surface area contributed by atoms with Crippen molar-refractivity contribution in [2.45, 2.75) is 40.0 Å². The van der Waals surface area contributed by atoms with E-state index in [1.807, 2.05) is 11.8 Å². The van der Waals surface area contributed by atoms with Gasteiger partial charge in [-0.15, -0.1) is 0 Å². The summed E-state index contributed by atoms with van der Waals surface area (Å²) in [5.74, 6) is 2.35. The molecule has 5 rings (SSSR count). The zero-order chi connectivity index (χ0) is 17.6. The second-order valence-electron chi connectivity index (χ2n) is 8.57. The molecule has 0 unspecified atom stereocenters. The van der Waals surface area contributed by atoms with Crippen LogP contribution in [-0.4, -0.2) is 53.6 Å². The Balaban J connectivity index is 1.36. The molecular formula is C20H29N3O2. The van der Waals surface area contributed by atoms with Crippen LogP contribution in [0.3, 0.4) is 0 Å². The number of aromatic nitrogens is 1. The van der Waals surface area contributed by atoms with E-state index in [-0.39, 0.29) is 5.91 Å². The molecule has 1 aliphatic heterocycles. The fourth-order valence-corrected chi connectivity index (χ4v) is 4.88. The van der Waals surface area contributed by atoms with Gasteiger partial charge in [0.2, 0.25) is 0 Å². The van der Waals surface area contributed by atoms with Gasteiger partial charge in [-0.2, -0.15) is 0 Å². The first-order chi connectivity index (χ1) is 11.9. The maximum atomic E-state index is 12.6. The van der Waals surface area contributed by atoms with Gasteiger partial charge in [-0.05, 0) is 43.4 Å². The van der Waals surface area contributed by atoms with E-state index in [0.717, 1.165) is 51.0 Å². The number of aryl methyl sites for hydroxylation is 1. The van der Waals surface area contributed by atoms with E-state index in [1.54, 1.807) is 11.6 Å². The predicted octanol–water partition coefficient (Wildman–Crippen LogP) is 3.12. The largest absolute Gasteiger partial charge is 0.361 e. The highest BCUT2D eigenvalue weighted by Crippen LogP contribution is 2.59. The zero-order valence-corrected chi connectivity index (χ0v) is 15.6. The van der Waals surface area contributed by atoms with Crippen molar-refractivity contribution < 1.29 is 9.32 Å². The minimum Gasteiger partial charge on any atom is -0.361 e. The van der Waals surface area contributed by atoms with Crippen LogP contribution in [0.1, 0.15) is 49.4 Å². The van der Waals surface area contributed by atoms with E-state index < -0.39 is 0 Å². The summed E-state index contributed by atoms with van der Waals surface area (Å²) in [6.45, 7) is 11.3. The molecule has 1 amide bonds. The number of amides is 1. The number of carbonyl (C=O) groups excluding carboxylic acids is 1. The number of hydrogen-bond donors (Lipinski definition) is 0. The van der Waals surface area contributed by atoms with Crippen LogP contribution in [0.4, 0.5) is 0 Å². The Morgan fingerprint density at radius 2 is 2.16 bits per heavy atom. The molecule has 2 heterocycles. The number of fused-ring (bicyclic) bond motifs is 1. The fourth-order valence-electron chi connectivity index (χ4n) is 4.88. The van der Waals surface area contributed by atoms with Gasteiger partial charge in [0, 0.05) is 38.8 Å². The van der Waals surface area contributed by atoms with Crippen molar-refractivity contribution >= 4 is 5.91 Å². The lowest BCUT2D eigenvalue weighted by Crippen LogP contribution is -2.50. The van der Waals surface area contributed by atoms with Gasteiger partial charge in [0.25, 0.3) is 5.91 Å². The number of allylic oxidation sites excluding steroid dienone is 1. The van der Waals surface area contributed by atoms with E-state index in [9.17, 15) is 4.79 Å². The standard InChI is InChI=1S/C20H29N3O2/c1-14-11-18(21-25-14)19(24)23-8-4-7-22(9-10-23)13-15-5-6-16-12-17(15)20(16,2)3/h5,11,16-17H,4,6-10,12-13H2,1-3H3/t16-,17-/m0/s1. The Kier molecular flexibility index (Phi) is 4.22. The summed E-state index contributed by atoms with van der Waals surface area (Å²) in [5.41, 5.74) is 2.56. The van der Waals surface area contributed by atoms with Crippen molar-refractivity contribution in [3.8, 4) is 0 Å². The summed E-state index contributed by atoms with van der Waals surface area (Å²) in [5, 5.41) is 3.88. The molecule has 5 heteroatoms. The van der Waals surface area contributed by atoms with Gasteiger partial charge in [-0.25, -0.2) is 0 Å². The van der Waals surface area contributed by atoms with Crippen LogP contribution in [-0.2, 0) is 0 Å². The Labute approximate surface area is 150 Å². The van der Waals surface area contributed by atoms with E-state index in [2.05, 4.69) is 30.0 Å². The second-order valence-corrected chi connectivity index (χ2v) is 8.57. The lowest BCUT2D eigenvalue weighted by Gasteiger charge is -2.57. The van der Waals surface area contributed by atoms with Gasteiger partial charge in [0.1, 0.15) is 5.76 Å². The topological polar surface area (TPSA) is 49.6 Å². The molecule has 0 N–H and O–H groups in total. The van der Waals surface area contributed by atoms with E-state index in [4.69, 9.17) is 4.52 Å². The highest BCUT2D eigenvalue weighted by Gasteiger charge is 2.51. The summed E-state index contributed by atoms with van der Waals surface area (Å²) in [6.07, 6.45) is 6.15. The van der Waals surface area contributed by atoms with Crippen LogP contribution in [0.2, 0.25) is 0 Å². The molecule has 0 aromatic carbocycles. The van der Waals surface area contributed by atoms with E-state index in [1.165, 1.54) is 12.8 Å². The second kappa shape index (κ2) is 6.27. The monoisotopic (exact) mass is 343 g/mol. The molecule has 2 bridgehead atoms. The maximum Gasteiger partial charge on any atom is 0.276 e. The third kappa shape index (κ3) is 3.03. The molecule has 2 atom stereocenters. The van der Waals surface area contributed by atoms with Gasteiger partial charge < -0.3 is 9.42 Å². The van der Waals surface area contributed by atoms with Gasteiger partial charge in [0.05, 0.1) is 0 Å². The zero-order valence-electron chi connectivity index (χ0n) is 15.6. The van der Waals surface area contributed by atoms with Gasteiger partial charge in [-0.1, -0.05) is 30.7 Å². The molecule has 3 aliphatic carbocycles. The molecule has 0 radical (unpaired) electrons. The van der Waals surface area contributed by atoms with Crippen molar-refractivity contribution in [2.24, 2.45) is 17.3 Å². The average molecular weight is 343 g/mol. The van der Waals surface area contributed by atoms with Crippen LogP contribution in [0.15, 0.2) is 22.2 Å². The molecule has 1 aromatic rings. The van der Waals surface area contributed by atoms with Crippen molar-refractivity contribution in [3.05, 3.63) is 29.2 Å². The molecule has 2 fully saturated rings. The third-order valence-corrected chi connectivity index (χ3v) is 6.71. The summed E-state index contributed by atoms with van der Waals surface area (Å²) < 4.78 is 5.05. The molecule has 1 saturated heterocycles. The molecule has 5 nitrogen and oxygen atoms in total. The fraction of sp³-hybridized carbons (Fsp3) is 0.700. The van der Waals surface area contributed by atoms with Crippen molar-refractivity contribution in [2.75, 3.05) is 32.7 Å². The van der Waals surface area contributed by atoms with Crippen LogP contribution < -0.4 is 0 Å². The predicted molar refractivity (Wildman–Crippen MR) is 96.3 cm³/mol. The quantitative estimate of drug-likeness (QED) is 0.791. The Bertz CT molecular complexity index is 691. The summed E-state index contributed by atoms with van der Waals surface area (Å²) >= 11 is 0. The molecule has 25 heavy (non-hydrogen) atoms. The maximum absolute atomic E-state index is 12.6. The molecule has 1 aromatic heterocycles. The first-order valence-corrected chi connectivity index (χ1v) is 9.59. The van der Waals surface area contributed by atoms with Crippen molar-refractivity contribution in [3.63, 3.8) is 0 Å². The van der Waals surface area contributed by atoms with E-state index in [0.29, 0.717) is 16.9 Å². The summed E-state index contributed by atoms with van der Waals surface area (Å²) in [6, 6.07) is 1.73. The number of carbonyl (C=O) groups is 1. The SMILES string of the molecule is Cc1cc(C(=O)N2CCCN(CC3=CC[C@H]4C[C@@H]3C4(C)C)CC2)no1. The van der Waals surface area contributed by atoms with E-state index >= 15 is 0 Å². The normalized spacial score (nSPS) is 28.9. The number of hydrogen-bond acceptors (Lipinski definition) is 4. The molecular weight excluding hydrogens is 314 g/mol. The Hall–Kier alpha value is -1.62. The van der Waals surface area contributed by atoms with Crippen LogP contribution in [0, 0.1) is 24.2 Å². The van der Waals surface area contributed by atoms with Crippen molar-refractivity contribution in [1.29, 1.82) is 0 Å². The highest BCUT2D eigenvalue weighted by molar-refractivity contribution is 5.92. The molecule has 0 spiro atoms. The van der Waals surface area contributed by atoms with Crippen molar-refractivity contribution in [1.82, 2.24) is 15.0 Å². The molecule has 1 saturated carbocycles. The Morgan fingerprint density at radius 1 is 1.32 bits per heavy atom. The Morgan fingerprint density at radius 3 is 2.84 bits per heavy atom. The van der Waals surface area contributed by atoms with Crippen LogP contribution in [0.25, 0.3) is 0 Å². The smallest absolute Gasteiger partial charge is 0.276 e. The van der Waals surface area contributed by atoms with Gasteiger partial charge >= 0.3 is 0 Å². The van der Waals surface area contributed by atoms with Crippen LogP contribution >= 0.6 is 0 Å². The third-order valence-electron chi connectivity index (χ3n) is 6.71. The van der Waals surface area contributed by atoms with Crippen LogP contribution in [0.5, 0.6) is 0 Å². The molecule has 4 aliphatic rings. The minimum absolute atomic E-state index is 0.00134. The molecule has 136 valence electrons. The highest BCUT2D eigenvalue weighted by atomic mass is 16.5.